The number of rotatable bonds is 7. The Bertz CT molecular complexity index is 1220. The van der Waals surface area contributed by atoms with Crippen LogP contribution in [0.25, 0.3) is 5.57 Å². The Balaban J connectivity index is 1.53. The molecule has 168 valence electrons. The number of nitrogens with one attached hydrogen (secondary N) is 1. The second kappa shape index (κ2) is 7.99. The zero-order valence-electron chi connectivity index (χ0n) is 18.1. The van der Waals surface area contributed by atoms with Crippen molar-refractivity contribution in [2.45, 2.75) is 61.0 Å². The second-order valence-corrected chi connectivity index (χ2v) is 11.4. The molecule has 3 fully saturated rings. The molecule has 2 aromatic rings. The predicted octanol–water partition coefficient (Wildman–Crippen LogP) is 3.62. The maximum atomic E-state index is 13.3. The fourth-order valence-electron chi connectivity index (χ4n) is 4.44. The number of carbonyl (C=O) groups excluding carboxylic acids is 2. The smallest absolute Gasteiger partial charge is 0.257 e. The number of allylic oxidation sites excluding steroid dienone is 1. The Hall–Kier alpha value is -2.74. The van der Waals surface area contributed by atoms with Crippen molar-refractivity contribution in [3.63, 3.8) is 0 Å². The number of sulfone groups is 1. The number of anilines is 1. The molecule has 8 heteroatoms. The van der Waals surface area contributed by atoms with E-state index in [0.717, 1.165) is 37.7 Å². The number of benzene rings is 1. The highest BCUT2D eigenvalue weighted by atomic mass is 32.2. The van der Waals surface area contributed by atoms with Crippen molar-refractivity contribution in [2.75, 3.05) is 5.32 Å². The first-order chi connectivity index (χ1) is 15.3. The second-order valence-electron chi connectivity index (χ2n) is 9.22. The lowest BCUT2D eigenvalue weighted by Gasteiger charge is -2.15. The number of amides is 1. The molecule has 3 aliphatic rings. The van der Waals surface area contributed by atoms with Crippen LogP contribution in [-0.2, 0) is 26.5 Å². The molecule has 1 aromatic carbocycles. The SMILES string of the molecule is Cn1ccc(NC(=O)C(=C[C@@H]2CCC(=O)C2)c2ccc(S(=O)(=O)C3CC3)c(C3CC3)c2)n1. The number of Topliss-reactive ketones (excluding diaryl/α,β-unsaturated/α-hetero) is 1. The molecule has 5 rings (SSSR count). The average molecular weight is 454 g/mol. The van der Waals surface area contributed by atoms with Crippen LogP contribution in [0.15, 0.2) is 41.4 Å². The van der Waals surface area contributed by atoms with Crippen molar-refractivity contribution in [3.8, 4) is 0 Å². The van der Waals surface area contributed by atoms with Crippen LogP contribution in [0.5, 0.6) is 0 Å². The normalized spacial score (nSPS) is 21.7. The number of nitrogens with zero attached hydrogens (tertiary/aromatic N) is 2. The van der Waals surface area contributed by atoms with E-state index in [9.17, 15) is 18.0 Å². The highest BCUT2D eigenvalue weighted by Crippen LogP contribution is 2.46. The first-order valence-corrected chi connectivity index (χ1v) is 12.8. The van der Waals surface area contributed by atoms with Gasteiger partial charge in [-0.25, -0.2) is 8.42 Å². The van der Waals surface area contributed by atoms with Gasteiger partial charge >= 0.3 is 0 Å². The molecule has 3 aliphatic carbocycles. The monoisotopic (exact) mass is 453 g/mol. The van der Waals surface area contributed by atoms with Gasteiger partial charge in [0.2, 0.25) is 0 Å². The third-order valence-corrected chi connectivity index (χ3v) is 8.83. The Labute approximate surface area is 187 Å². The first kappa shape index (κ1) is 21.1. The Morgan fingerprint density at radius 1 is 1.16 bits per heavy atom. The summed E-state index contributed by atoms with van der Waals surface area (Å²) in [6, 6.07) is 7.02. The van der Waals surface area contributed by atoms with Gasteiger partial charge in [-0.1, -0.05) is 12.1 Å². The van der Waals surface area contributed by atoms with Gasteiger partial charge in [0.15, 0.2) is 15.7 Å². The first-order valence-electron chi connectivity index (χ1n) is 11.2. The van der Waals surface area contributed by atoms with Gasteiger partial charge in [-0.2, -0.15) is 5.10 Å². The van der Waals surface area contributed by atoms with Crippen molar-refractivity contribution < 1.29 is 18.0 Å². The van der Waals surface area contributed by atoms with Crippen LogP contribution < -0.4 is 5.32 Å². The van der Waals surface area contributed by atoms with E-state index < -0.39 is 9.84 Å². The Kier molecular flexibility index (Phi) is 5.28. The molecule has 1 N–H and O–H groups in total. The molecule has 0 spiro atoms. The van der Waals surface area contributed by atoms with Crippen molar-refractivity contribution >= 4 is 32.9 Å². The van der Waals surface area contributed by atoms with E-state index in [0.29, 0.717) is 34.7 Å². The van der Waals surface area contributed by atoms with Crippen LogP contribution in [0.4, 0.5) is 5.82 Å². The van der Waals surface area contributed by atoms with Gasteiger partial charge in [-0.05, 0) is 67.2 Å². The third-order valence-electron chi connectivity index (χ3n) is 6.49. The zero-order chi connectivity index (χ0) is 22.5. The molecule has 0 saturated heterocycles. The summed E-state index contributed by atoms with van der Waals surface area (Å²) in [6.07, 6.45) is 8.69. The fourth-order valence-corrected chi connectivity index (χ4v) is 6.36. The quantitative estimate of drug-likeness (QED) is 0.646. The van der Waals surface area contributed by atoms with Crippen LogP contribution in [-0.4, -0.2) is 35.1 Å². The summed E-state index contributed by atoms with van der Waals surface area (Å²) in [5.41, 5.74) is 1.98. The zero-order valence-corrected chi connectivity index (χ0v) is 18.9. The predicted molar refractivity (Wildman–Crippen MR) is 121 cm³/mol. The van der Waals surface area contributed by atoms with Gasteiger partial charge in [0, 0.05) is 37.7 Å². The van der Waals surface area contributed by atoms with Gasteiger partial charge < -0.3 is 5.32 Å². The van der Waals surface area contributed by atoms with E-state index in [1.807, 2.05) is 12.1 Å². The number of hydrogen-bond acceptors (Lipinski definition) is 5. The molecule has 1 amide bonds. The molecule has 1 heterocycles. The summed E-state index contributed by atoms with van der Waals surface area (Å²) in [6.45, 7) is 0. The summed E-state index contributed by atoms with van der Waals surface area (Å²) in [7, 11) is -1.54. The molecule has 0 aliphatic heterocycles. The van der Waals surface area contributed by atoms with Crippen molar-refractivity contribution in [3.05, 3.63) is 47.7 Å². The highest BCUT2D eigenvalue weighted by Gasteiger charge is 2.40. The number of hydrogen-bond donors (Lipinski definition) is 1. The van der Waals surface area contributed by atoms with Crippen LogP contribution in [0.2, 0.25) is 0 Å². The van der Waals surface area contributed by atoms with Gasteiger partial charge in [-0.15, -0.1) is 0 Å². The summed E-state index contributed by atoms with van der Waals surface area (Å²) < 4.78 is 27.6. The van der Waals surface area contributed by atoms with Crippen LogP contribution in [0.1, 0.15) is 62.0 Å². The number of aromatic nitrogens is 2. The maximum absolute atomic E-state index is 13.3. The Morgan fingerprint density at radius 2 is 1.94 bits per heavy atom. The van der Waals surface area contributed by atoms with E-state index in [4.69, 9.17) is 0 Å². The standard InChI is InChI=1S/C24H27N3O4S/c1-27-11-10-23(26-27)25-24(29)21(13-15-2-6-18(28)12-15)17-5-9-22(20(14-17)16-3-4-16)32(30,31)19-7-8-19/h5,9-11,13-16,19H,2-4,6-8,12H2,1H3,(H,25,26,29)/t15-/m1/s1. The van der Waals surface area contributed by atoms with Crippen molar-refractivity contribution in [1.29, 1.82) is 0 Å². The molecule has 0 bridgehead atoms. The summed E-state index contributed by atoms with van der Waals surface area (Å²) in [5, 5.41) is 6.80. The molecular formula is C24H27N3O4S. The van der Waals surface area contributed by atoms with E-state index in [1.54, 1.807) is 36.1 Å². The lowest BCUT2D eigenvalue weighted by Crippen LogP contribution is -2.16. The average Bonchev–Trinajstić information content (AvgIpc) is 3.68. The molecule has 3 saturated carbocycles. The number of aryl methyl sites for hydroxylation is 1. The molecular weight excluding hydrogens is 426 g/mol. The lowest BCUT2D eigenvalue weighted by atomic mass is 9.95. The summed E-state index contributed by atoms with van der Waals surface area (Å²) in [5.74, 6) is 0.585. The van der Waals surface area contributed by atoms with Gasteiger partial charge in [0.05, 0.1) is 10.1 Å². The van der Waals surface area contributed by atoms with Gasteiger partial charge in [0.1, 0.15) is 5.78 Å². The van der Waals surface area contributed by atoms with Crippen LogP contribution >= 0.6 is 0 Å². The minimum atomic E-state index is -3.32. The summed E-state index contributed by atoms with van der Waals surface area (Å²) in [4.78, 5) is 25.5. The lowest BCUT2D eigenvalue weighted by molar-refractivity contribution is -0.117. The molecule has 7 nitrogen and oxygen atoms in total. The van der Waals surface area contributed by atoms with Crippen molar-refractivity contribution in [2.24, 2.45) is 13.0 Å². The van der Waals surface area contributed by atoms with Crippen LogP contribution in [0.3, 0.4) is 0 Å². The number of carbonyl (C=O) groups is 2. The maximum Gasteiger partial charge on any atom is 0.257 e. The minimum absolute atomic E-state index is 0.00577. The van der Waals surface area contributed by atoms with E-state index in [1.165, 1.54) is 0 Å². The molecule has 32 heavy (non-hydrogen) atoms. The van der Waals surface area contributed by atoms with Gasteiger partial charge in [-0.3, -0.25) is 14.3 Å². The Morgan fingerprint density at radius 3 is 2.53 bits per heavy atom. The third kappa shape index (κ3) is 4.28. The highest BCUT2D eigenvalue weighted by molar-refractivity contribution is 7.92. The minimum Gasteiger partial charge on any atom is -0.305 e. The van der Waals surface area contributed by atoms with E-state index in [2.05, 4.69) is 10.4 Å². The summed E-state index contributed by atoms with van der Waals surface area (Å²) >= 11 is 0. The molecule has 0 unspecified atom stereocenters. The topological polar surface area (TPSA) is 98.1 Å². The molecule has 1 atom stereocenters. The van der Waals surface area contributed by atoms with Gasteiger partial charge in [0.25, 0.3) is 5.91 Å². The largest absolute Gasteiger partial charge is 0.305 e. The number of ketones is 1. The van der Waals surface area contributed by atoms with Crippen molar-refractivity contribution in [1.82, 2.24) is 9.78 Å². The van der Waals surface area contributed by atoms with E-state index in [-0.39, 0.29) is 28.8 Å². The molecule has 1 aromatic heterocycles. The van der Waals surface area contributed by atoms with E-state index >= 15 is 0 Å². The molecule has 0 radical (unpaired) electrons. The van der Waals surface area contributed by atoms with Crippen LogP contribution in [0, 0.1) is 5.92 Å². The fraction of sp³-hybridized carbons (Fsp3) is 0.458.